The average Bonchev–Trinajstić information content (AvgIpc) is 3.04. The third-order valence-corrected chi connectivity index (χ3v) is 4.65. The molecule has 0 saturated carbocycles. The van der Waals surface area contributed by atoms with Crippen molar-refractivity contribution in [2.24, 2.45) is 5.92 Å². The van der Waals surface area contributed by atoms with Crippen LogP contribution in [-0.2, 0) is 4.79 Å². The fraction of sp³-hybridized carbons (Fsp3) is 0.562. The number of hydrogen-bond acceptors (Lipinski definition) is 4. The normalized spacial score (nSPS) is 30.0. The monoisotopic (exact) mass is 288 g/mol. The molecule has 2 bridgehead atoms. The van der Waals surface area contributed by atoms with Crippen molar-refractivity contribution in [2.45, 2.75) is 37.8 Å². The van der Waals surface area contributed by atoms with Gasteiger partial charge in [0.15, 0.2) is 11.5 Å². The number of nitrogens with one attached hydrogen (secondary N) is 2. The van der Waals surface area contributed by atoms with Crippen LogP contribution in [0, 0.1) is 5.92 Å². The summed E-state index contributed by atoms with van der Waals surface area (Å²) in [7, 11) is 0. The van der Waals surface area contributed by atoms with Crippen LogP contribution in [0.25, 0.3) is 0 Å². The maximum atomic E-state index is 12.4. The average molecular weight is 288 g/mol. The number of rotatable bonds is 2. The van der Waals surface area contributed by atoms with Gasteiger partial charge in [-0.15, -0.1) is 0 Å². The number of hydrogen-bond donors (Lipinski definition) is 2. The van der Waals surface area contributed by atoms with Gasteiger partial charge < -0.3 is 20.1 Å². The van der Waals surface area contributed by atoms with Crippen molar-refractivity contribution in [2.75, 3.05) is 18.5 Å². The molecule has 4 rings (SSSR count). The molecule has 3 unspecified atom stereocenters. The number of fused-ring (bicyclic) bond motifs is 3. The smallest absolute Gasteiger partial charge is 0.229 e. The summed E-state index contributed by atoms with van der Waals surface area (Å²) in [4.78, 5) is 12.4. The van der Waals surface area contributed by atoms with Crippen molar-refractivity contribution in [1.29, 1.82) is 0 Å². The molecule has 3 aliphatic rings. The van der Waals surface area contributed by atoms with Crippen LogP contribution in [0.3, 0.4) is 0 Å². The van der Waals surface area contributed by atoms with Crippen molar-refractivity contribution < 1.29 is 14.3 Å². The zero-order chi connectivity index (χ0) is 14.2. The molecule has 1 aromatic rings. The van der Waals surface area contributed by atoms with Gasteiger partial charge in [-0.3, -0.25) is 4.79 Å². The van der Waals surface area contributed by atoms with Crippen LogP contribution in [0.15, 0.2) is 18.2 Å². The molecule has 0 radical (unpaired) electrons. The van der Waals surface area contributed by atoms with Crippen LogP contribution in [0.5, 0.6) is 11.5 Å². The number of carbonyl (C=O) groups excluding carboxylic acids is 1. The van der Waals surface area contributed by atoms with Gasteiger partial charge in [0.05, 0.1) is 19.1 Å². The number of carbonyl (C=O) groups is 1. The van der Waals surface area contributed by atoms with E-state index in [-0.39, 0.29) is 11.8 Å². The minimum absolute atomic E-state index is 0.0970. The highest BCUT2D eigenvalue weighted by molar-refractivity contribution is 5.93. The van der Waals surface area contributed by atoms with E-state index in [2.05, 4.69) is 10.6 Å². The Morgan fingerprint density at radius 3 is 2.81 bits per heavy atom. The predicted octanol–water partition coefficient (Wildman–Crippen LogP) is 1.93. The molecule has 0 aliphatic carbocycles. The van der Waals surface area contributed by atoms with Crippen molar-refractivity contribution >= 4 is 11.6 Å². The lowest BCUT2D eigenvalue weighted by Crippen LogP contribution is -2.32. The Balaban J connectivity index is 1.47. The van der Waals surface area contributed by atoms with E-state index in [1.165, 1.54) is 6.42 Å². The Morgan fingerprint density at radius 2 is 2.05 bits per heavy atom. The molecule has 5 nitrogen and oxygen atoms in total. The van der Waals surface area contributed by atoms with E-state index >= 15 is 0 Å². The zero-order valence-electron chi connectivity index (χ0n) is 11.9. The van der Waals surface area contributed by atoms with Crippen molar-refractivity contribution in [1.82, 2.24) is 5.32 Å². The van der Waals surface area contributed by atoms with Gasteiger partial charge in [-0.2, -0.15) is 0 Å². The maximum absolute atomic E-state index is 12.4. The van der Waals surface area contributed by atoms with Gasteiger partial charge >= 0.3 is 0 Å². The topological polar surface area (TPSA) is 59.6 Å². The fourth-order valence-corrected chi connectivity index (χ4v) is 3.59. The third-order valence-electron chi connectivity index (χ3n) is 4.65. The molecule has 1 aromatic carbocycles. The van der Waals surface area contributed by atoms with Gasteiger partial charge in [0.1, 0.15) is 0 Å². The summed E-state index contributed by atoms with van der Waals surface area (Å²) in [5, 5.41) is 6.52. The Bertz CT molecular complexity index is 560. The van der Waals surface area contributed by atoms with E-state index < -0.39 is 0 Å². The lowest BCUT2D eigenvalue weighted by Gasteiger charge is -2.19. The number of anilines is 1. The predicted molar refractivity (Wildman–Crippen MR) is 78.7 cm³/mol. The summed E-state index contributed by atoms with van der Waals surface area (Å²) < 4.78 is 11.3. The molecule has 5 heteroatoms. The lowest BCUT2D eigenvalue weighted by atomic mass is 9.88. The van der Waals surface area contributed by atoms with Crippen molar-refractivity contribution in [3.8, 4) is 11.5 Å². The van der Waals surface area contributed by atoms with Crippen molar-refractivity contribution in [3.63, 3.8) is 0 Å². The molecule has 112 valence electrons. The van der Waals surface area contributed by atoms with E-state index in [0.29, 0.717) is 25.3 Å². The van der Waals surface area contributed by atoms with Crippen molar-refractivity contribution in [3.05, 3.63) is 18.2 Å². The first-order valence-corrected chi connectivity index (χ1v) is 7.76. The molecule has 0 aromatic heterocycles. The highest BCUT2D eigenvalue weighted by Gasteiger charge is 2.42. The van der Waals surface area contributed by atoms with Gasteiger partial charge in [0, 0.05) is 30.3 Å². The van der Waals surface area contributed by atoms with E-state index in [4.69, 9.17) is 9.47 Å². The van der Waals surface area contributed by atoms with Crippen LogP contribution in [0.1, 0.15) is 25.7 Å². The minimum Gasteiger partial charge on any atom is -0.490 e. The summed E-state index contributed by atoms with van der Waals surface area (Å²) in [6.07, 6.45) is 4.16. The first-order valence-electron chi connectivity index (χ1n) is 7.76. The Kier molecular flexibility index (Phi) is 3.22. The standard InChI is InChI=1S/C16H20N2O3/c19-16(12-8-10-2-4-13(12)17-10)18-11-3-5-14-15(9-11)21-7-1-6-20-14/h3,5,9-10,12-13,17H,1-2,4,6-8H2,(H,18,19). The van der Waals surface area contributed by atoms with Crippen LogP contribution < -0.4 is 20.1 Å². The molecule has 2 fully saturated rings. The second kappa shape index (κ2) is 5.22. The van der Waals surface area contributed by atoms with E-state index in [0.717, 1.165) is 36.4 Å². The summed E-state index contributed by atoms with van der Waals surface area (Å²) in [6, 6.07) is 6.51. The number of ether oxygens (including phenoxy) is 2. The van der Waals surface area contributed by atoms with Gasteiger partial charge in [-0.25, -0.2) is 0 Å². The quantitative estimate of drug-likeness (QED) is 0.873. The summed E-state index contributed by atoms with van der Waals surface area (Å²) in [5.74, 6) is 1.69. The first kappa shape index (κ1) is 13.0. The van der Waals surface area contributed by atoms with Crippen LogP contribution in [-0.4, -0.2) is 31.2 Å². The van der Waals surface area contributed by atoms with Gasteiger partial charge in [-0.05, 0) is 31.4 Å². The SMILES string of the molecule is O=C(Nc1ccc2c(c1)OCCCO2)C1CC2CCC1N2. The molecule has 3 heterocycles. The van der Waals surface area contributed by atoms with Gasteiger partial charge in [0.2, 0.25) is 5.91 Å². The molecular weight excluding hydrogens is 268 g/mol. The van der Waals surface area contributed by atoms with E-state index in [1.54, 1.807) is 0 Å². The lowest BCUT2D eigenvalue weighted by molar-refractivity contribution is -0.120. The van der Waals surface area contributed by atoms with Gasteiger partial charge in [0.25, 0.3) is 0 Å². The number of benzene rings is 1. The Hall–Kier alpha value is -1.75. The highest BCUT2D eigenvalue weighted by atomic mass is 16.5. The highest BCUT2D eigenvalue weighted by Crippen LogP contribution is 2.35. The summed E-state index contributed by atoms with van der Waals surface area (Å²) >= 11 is 0. The van der Waals surface area contributed by atoms with Crippen LogP contribution in [0.2, 0.25) is 0 Å². The van der Waals surface area contributed by atoms with Crippen LogP contribution in [0.4, 0.5) is 5.69 Å². The van der Waals surface area contributed by atoms with E-state index in [9.17, 15) is 4.79 Å². The fourth-order valence-electron chi connectivity index (χ4n) is 3.59. The van der Waals surface area contributed by atoms with E-state index in [1.807, 2.05) is 18.2 Å². The maximum Gasteiger partial charge on any atom is 0.229 e. The molecule has 2 N–H and O–H groups in total. The second-order valence-electron chi connectivity index (χ2n) is 6.09. The molecule has 2 saturated heterocycles. The zero-order valence-corrected chi connectivity index (χ0v) is 11.9. The Labute approximate surface area is 124 Å². The Morgan fingerprint density at radius 1 is 1.19 bits per heavy atom. The molecule has 1 amide bonds. The first-order chi connectivity index (χ1) is 10.3. The van der Waals surface area contributed by atoms with Gasteiger partial charge in [-0.1, -0.05) is 0 Å². The summed E-state index contributed by atoms with van der Waals surface area (Å²) in [6.45, 7) is 1.33. The molecular formula is C16H20N2O3. The second-order valence-corrected chi connectivity index (χ2v) is 6.09. The summed E-state index contributed by atoms with van der Waals surface area (Å²) in [5.41, 5.74) is 0.784. The molecule has 3 aliphatic heterocycles. The van der Waals surface area contributed by atoms with Crippen LogP contribution >= 0.6 is 0 Å². The third kappa shape index (κ3) is 2.46. The molecule has 21 heavy (non-hydrogen) atoms. The largest absolute Gasteiger partial charge is 0.490 e. The number of amides is 1. The molecule has 0 spiro atoms. The minimum atomic E-state index is 0.0970. The molecule has 3 atom stereocenters.